The van der Waals surface area contributed by atoms with E-state index in [0.29, 0.717) is 19.3 Å². The Bertz CT molecular complexity index is 1200. The summed E-state index contributed by atoms with van der Waals surface area (Å²) in [6, 6.07) is 0. The molecule has 10 nitrogen and oxygen atoms in total. The number of epoxide rings is 1. The summed E-state index contributed by atoms with van der Waals surface area (Å²) in [7, 11) is 1.73. The highest BCUT2D eigenvalue weighted by atomic mass is 16.7. The second-order valence-electron chi connectivity index (χ2n) is 18.0. The second-order valence-corrected chi connectivity index (χ2v) is 18.0. The molecule has 0 radical (unpaired) electrons. The van der Waals surface area contributed by atoms with Crippen molar-refractivity contribution in [3.8, 4) is 0 Å². The molecule has 2 saturated heterocycles. The van der Waals surface area contributed by atoms with Gasteiger partial charge in [0.2, 0.25) is 0 Å². The van der Waals surface area contributed by atoms with Crippen LogP contribution in [0.4, 0.5) is 0 Å². The van der Waals surface area contributed by atoms with Crippen LogP contribution in [0.15, 0.2) is 11.6 Å². The van der Waals surface area contributed by atoms with Crippen LogP contribution in [-0.4, -0.2) is 111 Å². The lowest BCUT2D eigenvalue weighted by Crippen LogP contribution is -2.70. The zero-order valence-electron chi connectivity index (χ0n) is 29.9. The van der Waals surface area contributed by atoms with Crippen molar-refractivity contribution in [2.24, 2.45) is 45.3 Å². The molecule has 6 fully saturated rings. The van der Waals surface area contributed by atoms with E-state index in [1.54, 1.807) is 7.11 Å². The van der Waals surface area contributed by atoms with E-state index in [1.807, 2.05) is 0 Å². The summed E-state index contributed by atoms with van der Waals surface area (Å²) in [5, 5.41) is 65.6. The molecule has 270 valence electrons. The van der Waals surface area contributed by atoms with Crippen LogP contribution >= 0.6 is 0 Å². The van der Waals surface area contributed by atoms with E-state index < -0.39 is 61.0 Å². The van der Waals surface area contributed by atoms with E-state index in [0.717, 1.165) is 19.3 Å². The van der Waals surface area contributed by atoms with Crippen LogP contribution in [0.5, 0.6) is 0 Å². The number of allylic oxidation sites excluding steroid dienone is 1. The van der Waals surface area contributed by atoms with Crippen molar-refractivity contribution < 1.29 is 49.6 Å². The van der Waals surface area contributed by atoms with E-state index >= 15 is 0 Å². The molecule has 6 aliphatic rings. The van der Waals surface area contributed by atoms with E-state index in [4.69, 9.17) is 18.9 Å². The molecule has 6 N–H and O–H groups in total. The number of hydrogen-bond donors (Lipinski definition) is 6. The van der Waals surface area contributed by atoms with Gasteiger partial charge in [-0.15, -0.1) is 0 Å². The summed E-state index contributed by atoms with van der Waals surface area (Å²) in [5.74, 6) is 0.237. The zero-order valence-corrected chi connectivity index (χ0v) is 29.9. The highest BCUT2D eigenvalue weighted by Crippen LogP contribution is 2.76. The molecular formula is C37H62O10. The van der Waals surface area contributed by atoms with E-state index in [9.17, 15) is 30.6 Å². The van der Waals surface area contributed by atoms with Gasteiger partial charge in [-0.1, -0.05) is 46.3 Å². The molecule has 17 atom stereocenters. The first-order chi connectivity index (χ1) is 21.8. The highest BCUT2D eigenvalue weighted by molar-refractivity contribution is 5.25. The largest absolute Gasteiger partial charge is 0.394 e. The first kappa shape index (κ1) is 36.1. The Labute approximate surface area is 280 Å². The van der Waals surface area contributed by atoms with Crippen molar-refractivity contribution in [3.63, 3.8) is 0 Å². The third kappa shape index (κ3) is 5.34. The van der Waals surface area contributed by atoms with Crippen LogP contribution < -0.4 is 0 Å². The Balaban J connectivity index is 1.37. The number of rotatable bonds is 7. The Morgan fingerprint density at radius 3 is 2.17 bits per heavy atom. The first-order valence-corrected chi connectivity index (χ1v) is 18.0. The maximum atomic E-state index is 12.2. The molecule has 2 heterocycles. The molecule has 0 bridgehead atoms. The Kier molecular flexibility index (Phi) is 9.20. The topological polar surface area (TPSA) is 162 Å². The third-order valence-corrected chi connectivity index (χ3v) is 15.0. The van der Waals surface area contributed by atoms with Gasteiger partial charge in [-0.2, -0.15) is 0 Å². The van der Waals surface area contributed by atoms with Gasteiger partial charge in [0.15, 0.2) is 6.29 Å². The molecule has 2 unspecified atom stereocenters. The summed E-state index contributed by atoms with van der Waals surface area (Å²) in [5.41, 5.74) is -0.328. The van der Waals surface area contributed by atoms with Crippen LogP contribution in [0.1, 0.15) is 93.9 Å². The minimum absolute atomic E-state index is 0.00831. The fourth-order valence-electron chi connectivity index (χ4n) is 12.3. The Morgan fingerprint density at radius 2 is 1.57 bits per heavy atom. The van der Waals surface area contributed by atoms with Crippen molar-refractivity contribution in [1.29, 1.82) is 0 Å². The number of methoxy groups -OCH3 is 1. The number of fused-ring (bicyclic) bond motifs is 5. The summed E-state index contributed by atoms with van der Waals surface area (Å²) < 4.78 is 24.5. The number of ether oxygens (including phenoxy) is 4. The van der Waals surface area contributed by atoms with Gasteiger partial charge < -0.3 is 49.6 Å². The maximum absolute atomic E-state index is 12.2. The predicted octanol–water partition coefficient (Wildman–Crippen LogP) is 2.94. The van der Waals surface area contributed by atoms with Gasteiger partial charge in [0.25, 0.3) is 0 Å². The van der Waals surface area contributed by atoms with Gasteiger partial charge in [0.05, 0.1) is 30.5 Å². The molecule has 4 saturated carbocycles. The molecule has 0 spiro atoms. The van der Waals surface area contributed by atoms with Gasteiger partial charge >= 0.3 is 0 Å². The fraction of sp³-hybridized carbons (Fsp3) is 0.946. The van der Waals surface area contributed by atoms with E-state index in [-0.39, 0.29) is 57.7 Å². The van der Waals surface area contributed by atoms with E-state index in [1.165, 1.54) is 5.57 Å². The van der Waals surface area contributed by atoms with Gasteiger partial charge in [-0.25, -0.2) is 0 Å². The van der Waals surface area contributed by atoms with Gasteiger partial charge in [-0.3, -0.25) is 0 Å². The summed E-state index contributed by atoms with van der Waals surface area (Å²) in [6.07, 6.45) is -1.64. The zero-order chi connectivity index (χ0) is 34.6. The second kappa shape index (κ2) is 12.0. The van der Waals surface area contributed by atoms with Gasteiger partial charge in [0, 0.05) is 7.11 Å². The fourth-order valence-corrected chi connectivity index (χ4v) is 12.3. The maximum Gasteiger partial charge on any atom is 0.186 e. The lowest BCUT2D eigenvalue weighted by atomic mass is 9.34. The predicted molar refractivity (Wildman–Crippen MR) is 174 cm³/mol. The van der Waals surface area contributed by atoms with Crippen molar-refractivity contribution in [2.45, 2.75) is 161 Å². The lowest BCUT2D eigenvalue weighted by Gasteiger charge is -2.72. The molecule has 10 heteroatoms. The summed E-state index contributed by atoms with van der Waals surface area (Å²) in [6.45, 7) is 17.0. The molecule has 6 rings (SSSR count). The Morgan fingerprint density at radius 1 is 0.915 bits per heavy atom. The third-order valence-electron chi connectivity index (χ3n) is 15.0. The van der Waals surface area contributed by atoms with Crippen molar-refractivity contribution in [2.75, 3.05) is 13.7 Å². The molecule has 2 aliphatic heterocycles. The molecule has 4 aliphatic carbocycles. The van der Waals surface area contributed by atoms with Gasteiger partial charge in [-0.05, 0) is 105 Å². The van der Waals surface area contributed by atoms with Crippen LogP contribution in [0, 0.1) is 45.3 Å². The number of aliphatic hydroxyl groups is 6. The number of aliphatic hydroxyl groups excluding tert-OH is 6. The minimum Gasteiger partial charge on any atom is -0.394 e. The quantitative estimate of drug-likeness (QED) is 0.135. The smallest absolute Gasteiger partial charge is 0.186 e. The average molecular weight is 667 g/mol. The number of hydrogen-bond acceptors (Lipinski definition) is 10. The van der Waals surface area contributed by atoms with Crippen LogP contribution in [0.3, 0.4) is 0 Å². The van der Waals surface area contributed by atoms with Gasteiger partial charge in [0.1, 0.15) is 36.6 Å². The molecular weight excluding hydrogens is 604 g/mol. The monoisotopic (exact) mass is 666 g/mol. The van der Waals surface area contributed by atoms with Crippen molar-refractivity contribution >= 4 is 0 Å². The molecule has 47 heavy (non-hydrogen) atoms. The van der Waals surface area contributed by atoms with E-state index in [2.05, 4.69) is 61.5 Å². The minimum atomic E-state index is -1.53. The Hall–Kier alpha value is -0.660. The summed E-state index contributed by atoms with van der Waals surface area (Å²) in [4.78, 5) is 0. The van der Waals surface area contributed by atoms with Crippen molar-refractivity contribution in [3.05, 3.63) is 11.6 Å². The van der Waals surface area contributed by atoms with Crippen LogP contribution in [-0.2, 0) is 18.9 Å². The molecule has 0 aromatic carbocycles. The van der Waals surface area contributed by atoms with Crippen LogP contribution in [0.2, 0.25) is 0 Å². The summed E-state index contributed by atoms with van der Waals surface area (Å²) >= 11 is 0. The SMILES string of the molecule is COC(/C=C(\C)[C@H]1CC[C@]2(C)[C@@H]1[C@H](O)C[C@@H]1[C@@]3(C)CC[C@H](O)C(C)(C)[C@@H]3[C@@H](O[C@@H]3O[C@H](CO)[C@@H](O)[C@H](O)[C@H]3O)C[C@]12C)C1OC1(C)C. The van der Waals surface area contributed by atoms with Crippen LogP contribution in [0.25, 0.3) is 0 Å². The molecule has 0 amide bonds. The highest BCUT2D eigenvalue weighted by Gasteiger charge is 2.73. The normalized spacial score (nSPS) is 54.3. The lowest BCUT2D eigenvalue weighted by molar-refractivity contribution is -0.346. The van der Waals surface area contributed by atoms with Crippen molar-refractivity contribution in [1.82, 2.24) is 0 Å². The average Bonchev–Trinajstić information content (AvgIpc) is 3.46. The first-order valence-electron chi connectivity index (χ1n) is 18.0. The molecule has 0 aromatic rings. The molecule has 0 aromatic heterocycles. The standard InChI is InChI=1S/C37H62O10/c1-18(14-21(44-9)31-34(4,5)47-31)19-10-13-36(7)26(19)20(39)15-24-35(6)12-11-25(40)33(2,3)30(35)22(16-37(24,36)8)45-32-29(43)28(42)27(41)23(17-38)46-32/h14,19-32,38-43H,10-13,15-17H2,1-9H3/b18-14+/t19-,20-,21?,22+,23-,24-,25+,26+,27-,28+,29-,30+,31?,32-,35-,36-,37-/m1/s1.